The Morgan fingerprint density at radius 2 is 0.897 bits per heavy atom. The highest BCUT2D eigenvalue weighted by Gasteiger charge is 2.33. The lowest BCUT2D eigenvalue weighted by molar-refractivity contribution is -0.152. The Kier molecular flexibility index (Phi) is 6.43. The van der Waals surface area contributed by atoms with Crippen molar-refractivity contribution in [1.29, 1.82) is 0 Å². The fraction of sp³-hybridized carbons (Fsp3) is 0.0769. The van der Waals surface area contributed by atoms with Gasteiger partial charge >= 0.3 is 0 Å². The zero-order chi connectivity index (χ0) is 19.9. The second-order valence-electron chi connectivity index (χ2n) is 7.08. The van der Waals surface area contributed by atoms with E-state index >= 15 is 0 Å². The monoisotopic (exact) mass is 414 g/mol. The molecule has 0 heterocycles. The van der Waals surface area contributed by atoms with Crippen molar-refractivity contribution in [2.45, 2.75) is 12.3 Å². The minimum atomic E-state index is -2.17. The summed E-state index contributed by atoms with van der Waals surface area (Å²) in [5.74, 6) is 0. The highest BCUT2D eigenvalue weighted by Crippen LogP contribution is 2.62. The summed E-state index contributed by atoms with van der Waals surface area (Å²) < 4.78 is 0. The number of hydrogen-bond donors (Lipinski definition) is 0. The Bertz CT molecular complexity index is 1050. The van der Waals surface area contributed by atoms with E-state index in [9.17, 15) is 4.89 Å². The minimum absolute atomic E-state index is 0.598. The third kappa shape index (κ3) is 4.44. The lowest BCUT2D eigenvalue weighted by Gasteiger charge is -2.26. The van der Waals surface area contributed by atoms with Crippen molar-refractivity contribution >= 4 is 24.6 Å². The van der Waals surface area contributed by atoms with Crippen LogP contribution in [0.3, 0.4) is 0 Å². The molecule has 4 aromatic rings. The van der Waals surface area contributed by atoms with Crippen LogP contribution in [0.2, 0.25) is 0 Å². The molecule has 0 aliphatic rings. The first kappa shape index (κ1) is 19.9. The molecule has 0 radical (unpaired) electrons. The van der Waals surface area contributed by atoms with Crippen molar-refractivity contribution in [3.8, 4) is 0 Å². The average Bonchev–Trinajstić information content (AvgIpc) is 2.80. The van der Waals surface area contributed by atoms with Crippen LogP contribution in [0.15, 0.2) is 121 Å². The van der Waals surface area contributed by atoms with Gasteiger partial charge < -0.3 is 4.89 Å². The van der Waals surface area contributed by atoms with E-state index in [0.29, 0.717) is 6.16 Å². The summed E-state index contributed by atoms with van der Waals surface area (Å²) in [7, 11) is -1.52. The first-order valence-electron chi connectivity index (χ1n) is 9.81. The molecule has 0 aromatic heterocycles. The summed E-state index contributed by atoms with van der Waals surface area (Å²) in [5.41, 5.74) is 2.38. The van der Waals surface area contributed by atoms with Crippen LogP contribution in [0.1, 0.15) is 11.1 Å². The van der Waals surface area contributed by atoms with Crippen molar-refractivity contribution in [1.82, 2.24) is 0 Å². The lowest BCUT2D eigenvalue weighted by Crippen LogP contribution is -2.19. The molecule has 1 atom stereocenters. The van der Waals surface area contributed by atoms with E-state index in [1.165, 1.54) is 16.2 Å². The standard InChI is InChI=1S/C26H24OP2/c27-28(21-23-13-5-1-6-14-23)29(25-17-9-3-10-18-25,26-19-11-4-12-20-26)22-24-15-7-2-8-16-24/h1-20H,21-22H2. The zero-order valence-corrected chi connectivity index (χ0v) is 18.1. The molecule has 0 bridgehead atoms. The number of hydrogen-bond acceptors (Lipinski definition) is 1. The van der Waals surface area contributed by atoms with E-state index in [1.54, 1.807) is 0 Å². The van der Waals surface area contributed by atoms with Crippen LogP contribution < -0.4 is 15.5 Å². The van der Waals surface area contributed by atoms with Gasteiger partial charge in [-0.3, -0.25) is 0 Å². The Balaban J connectivity index is 1.99. The Hall–Kier alpha value is -2.43. The molecular formula is C26H24OP2. The van der Waals surface area contributed by atoms with Gasteiger partial charge in [-0.2, -0.15) is 0 Å². The van der Waals surface area contributed by atoms with E-state index in [1.807, 2.05) is 36.4 Å². The second kappa shape index (κ2) is 9.38. The molecule has 0 N–H and O–H groups in total. The van der Waals surface area contributed by atoms with E-state index in [4.69, 9.17) is 0 Å². The summed E-state index contributed by atoms with van der Waals surface area (Å²) in [6.07, 6.45) is 1.41. The van der Waals surface area contributed by atoms with Crippen molar-refractivity contribution < 1.29 is 4.89 Å². The summed E-state index contributed by atoms with van der Waals surface area (Å²) in [5, 5.41) is 2.43. The van der Waals surface area contributed by atoms with Gasteiger partial charge in [0.2, 0.25) is 0 Å². The lowest BCUT2D eigenvalue weighted by atomic mass is 10.2. The van der Waals surface area contributed by atoms with Gasteiger partial charge in [0.15, 0.2) is 0 Å². The molecule has 0 fully saturated rings. The fourth-order valence-corrected chi connectivity index (χ4v) is 12.4. The summed E-state index contributed by atoms with van der Waals surface area (Å²) in [6.45, 7) is -2.17. The molecule has 0 aliphatic carbocycles. The van der Waals surface area contributed by atoms with Gasteiger partial charge in [0.25, 0.3) is 0 Å². The van der Waals surface area contributed by atoms with Crippen molar-refractivity contribution in [2.24, 2.45) is 0 Å². The molecule has 3 heteroatoms. The molecule has 1 nitrogen and oxygen atoms in total. The van der Waals surface area contributed by atoms with E-state index in [-0.39, 0.29) is 0 Å². The summed E-state index contributed by atoms with van der Waals surface area (Å²) in [6, 6.07) is 41.8. The van der Waals surface area contributed by atoms with E-state index < -0.39 is 14.0 Å². The van der Waals surface area contributed by atoms with E-state index in [0.717, 1.165) is 11.7 Å². The maximum absolute atomic E-state index is 14.2. The topological polar surface area (TPSA) is 23.1 Å². The van der Waals surface area contributed by atoms with Crippen LogP contribution in [0.25, 0.3) is 0 Å². The predicted molar refractivity (Wildman–Crippen MR) is 126 cm³/mol. The number of benzene rings is 4. The quantitative estimate of drug-likeness (QED) is 0.370. The van der Waals surface area contributed by atoms with E-state index in [2.05, 4.69) is 84.9 Å². The maximum Gasteiger partial charge on any atom is 0.125 e. The van der Waals surface area contributed by atoms with Gasteiger partial charge in [0, 0.05) is 24.2 Å². The molecule has 0 saturated carbocycles. The van der Waals surface area contributed by atoms with Gasteiger partial charge in [-0.15, -0.1) is 0 Å². The first-order chi connectivity index (χ1) is 14.3. The Labute approximate surface area is 174 Å². The SMILES string of the molecule is [O-][P+](Cc1ccccc1)=P(Cc1ccccc1)(c1ccccc1)c1ccccc1. The highest BCUT2D eigenvalue weighted by atomic mass is 31.8. The van der Waals surface area contributed by atoms with Crippen LogP contribution in [0, 0.1) is 0 Å². The molecule has 0 aliphatic heterocycles. The smallest absolute Gasteiger partial charge is 0.125 e. The highest BCUT2D eigenvalue weighted by molar-refractivity contribution is 8.16. The van der Waals surface area contributed by atoms with Crippen LogP contribution in [-0.2, 0) is 12.3 Å². The molecule has 4 aromatic carbocycles. The van der Waals surface area contributed by atoms with Crippen LogP contribution in [-0.4, -0.2) is 0 Å². The molecule has 0 amide bonds. The van der Waals surface area contributed by atoms with Crippen LogP contribution in [0.4, 0.5) is 0 Å². The largest absolute Gasteiger partial charge is 0.632 e. The number of rotatable bonds is 6. The van der Waals surface area contributed by atoms with Crippen LogP contribution >= 0.6 is 14.0 Å². The maximum atomic E-state index is 14.2. The van der Waals surface area contributed by atoms with Crippen LogP contribution in [0.5, 0.6) is 0 Å². The fourth-order valence-electron chi connectivity index (χ4n) is 3.73. The molecular weight excluding hydrogens is 390 g/mol. The average molecular weight is 414 g/mol. The third-order valence-corrected chi connectivity index (χ3v) is 14.2. The van der Waals surface area contributed by atoms with Gasteiger partial charge in [0.1, 0.15) is 12.7 Å². The third-order valence-electron chi connectivity index (χ3n) is 5.16. The van der Waals surface area contributed by atoms with Gasteiger partial charge in [0.05, 0.1) is 0 Å². The molecule has 29 heavy (non-hydrogen) atoms. The van der Waals surface area contributed by atoms with Gasteiger partial charge in [-0.1, -0.05) is 121 Å². The second-order valence-corrected chi connectivity index (χ2v) is 14.4. The van der Waals surface area contributed by atoms with Crippen molar-refractivity contribution in [2.75, 3.05) is 0 Å². The first-order valence-corrected chi connectivity index (χ1v) is 13.9. The molecule has 0 spiro atoms. The van der Waals surface area contributed by atoms with Crippen molar-refractivity contribution in [3.05, 3.63) is 132 Å². The summed E-state index contributed by atoms with van der Waals surface area (Å²) >= 11 is 0. The minimum Gasteiger partial charge on any atom is -0.632 e. The molecule has 1 unspecified atom stereocenters. The van der Waals surface area contributed by atoms with Gasteiger partial charge in [-0.25, -0.2) is 0 Å². The van der Waals surface area contributed by atoms with Gasteiger partial charge in [-0.05, 0) is 11.1 Å². The Morgan fingerprint density at radius 3 is 1.34 bits per heavy atom. The molecule has 144 valence electrons. The predicted octanol–water partition coefficient (Wildman–Crippen LogP) is 5.73. The molecule has 4 rings (SSSR count). The normalized spacial score (nSPS) is 11.8. The van der Waals surface area contributed by atoms with Crippen molar-refractivity contribution in [3.63, 3.8) is 0 Å². The Morgan fingerprint density at radius 1 is 0.517 bits per heavy atom. The molecule has 0 saturated heterocycles. The summed E-state index contributed by atoms with van der Waals surface area (Å²) in [4.78, 5) is 14.2. The zero-order valence-electron chi connectivity index (χ0n) is 16.3.